The van der Waals surface area contributed by atoms with E-state index in [4.69, 9.17) is 0 Å². The van der Waals surface area contributed by atoms with Crippen molar-refractivity contribution in [2.24, 2.45) is 4.99 Å². The summed E-state index contributed by atoms with van der Waals surface area (Å²) in [6.45, 7) is 2.04. The monoisotopic (exact) mass is 402 g/mol. The molecular formula is C23H26N6O. The highest BCUT2D eigenvalue weighted by Crippen LogP contribution is 2.31. The number of hydrogen-bond acceptors (Lipinski definition) is 4. The first kappa shape index (κ1) is 19.7. The van der Waals surface area contributed by atoms with Gasteiger partial charge < -0.3 is 21.3 Å². The second-order valence-corrected chi connectivity index (χ2v) is 7.23. The van der Waals surface area contributed by atoms with Crippen LogP contribution in [-0.4, -0.2) is 43.5 Å². The Labute approximate surface area is 176 Å². The third kappa shape index (κ3) is 4.68. The van der Waals surface area contributed by atoms with Gasteiger partial charge in [-0.25, -0.2) is 4.98 Å². The first-order valence-corrected chi connectivity index (χ1v) is 10.2. The highest BCUT2D eigenvalue weighted by Gasteiger charge is 2.24. The molecule has 1 aliphatic rings. The van der Waals surface area contributed by atoms with Crippen LogP contribution >= 0.6 is 0 Å². The molecule has 0 spiro atoms. The molecular weight excluding hydrogens is 376 g/mol. The molecule has 0 saturated carbocycles. The number of guanidine groups is 1. The van der Waals surface area contributed by atoms with Gasteiger partial charge in [-0.1, -0.05) is 36.4 Å². The number of carbonyl (C=O) groups is 1. The topological polar surface area (TPSA) is 90.4 Å². The number of nitrogens with one attached hydrogen (secondary N) is 4. The average Bonchev–Trinajstić information content (AvgIpc) is 2.78. The molecule has 0 bridgehead atoms. The zero-order chi connectivity index (χ0) is 20.8. The number of carbonyl (C=O) groups excluding carboxylic acids is 1. The fraction of sp³-hybridized carbons (Fsp3) is 0.261. The van der Waals surface area contributed by atoms with Gasteiger partial charge in [0, 0.05) is 50.1 Å². The van der Waals surface area contributed by atoms with E-state index in [1.54, 1.807) is 7.05 Å². The van der Waals surface area contributed by atoms with Gasteiger partial charge in [-0.2, -0.15) is 0 Å². The van der Waals surface area contributed by atoms with Gasteiger partial charge in [0.05, 0.1) is 5.52 Å². The number of aliphatic imine (C=N–C) groups is 1. The standard InChI is InChI=1S/C23H26N6O/c1-24-23(27-15-17-14-22(30)29-20-9-5-3-7-18(17)20)26-13-12-25-21-11-10-16-6-2-4-8-19(16)28-21/h2-11,17H,12-15H2,1H3,(H,25,28)(H,29,30)(H2,24,26,27). The summed E-state index contributed by atoms with van der Waals surface area (Å²) < 4.78 is 0. The Morgan fingerprint density at radius 3 is 2.80 bits per heavy atom. The Bertz CT molecular complexity index is 1060. The van der Waals surface area contributed by atoms with E-state index < -0.39 is 0 Å². The van der Waals surface area contributed by atoms with E-state index in [-0.39, 0.29) is 11.8 Å². The second kappa shape index (κ2) is 9.26. The highest BCUT2D eigenvalue weighted by atomic mass is 16.1. The van der Waals surface area contributed by atoms with Gasteiger partial charge in [0.25, 0.3) is 0 Å². The van der Waals surface area contributed by atoms with Crippen molar-refractivity contribution in [2.75, 3.05) is 37.3 Å². The fourth-order valence-electron chi connectivity index (χ4n) is 3.66. The van der Waals surface area contributed by atoms with Gasteiger partial charge in [0.2, 0.25) is 5.91 Å². The van der Waals surface area contributed by atoms with E-state index in [2.05, 4.69) is 49.4 Å². The van der Waals surface area contributed by atoms with Gasteiger partial charge in [0.15, 0.2) is 5.96 Å². The van der Waals surface area contributed by atoms with Crippen LogP contribution in [0.1, 0.15) is 17.9 Å². The molecule has 2 aromatic carbocycles. The molecule has 0 radical (unpaired) electrons. The van der Waals surface area contributed by atoms with Gasteiger partial charge in [0.1, 0.15) is 5.82 Å². The Kier molecular flexibility index (Phi) is 6.08. The summed E-state index contributed by atoms with van der Waals surface area (Å²) in [6.07, 6.45) is 0.468. The average molecular weight is 403 g/mol. The van der Waals surface area contributed by atoms with Gasteiger partial charge in [-0.05, 0) is 29.8 Å². The predicted molar refractivity (Wildman–Crippen MR) is 122 cm³/mol. The van der Waals surface area contributed by atoms with Gasteiger partial charge in [-0.3, -0.25) is 9.79 Å². The molecule has 3 aromatic rings. The molecule has 30 heavy (non-hydrogen) atoms. The molecule has 154 valence electrons. The van der Waals surface area contributed by atoms with Crippen LogP contribution in [0, 0.1) is 0 Å². The minimum absolute atomic E-state index is 0.0514. The summed E-state index contributed by atoms with van der Waals surface area (Å²) in [6, 6.07) is 20.1. The maximum atomic E-state index is 12.0. The summed E-state index contributed by atoms with van der Waals surface area (Å²) in [4.78, 5) is 20.9. The predicted octanol–water partition coefficient (Wildman–Crippen LogP) is 2.94. The van der Waals surface area contributed by atoms with Crippen molar-refractivity contribution in [1.82, 2.24) is 15.6 Å². The van der Waals surface area contributed by atoms with Gasteiger partial charge >= 0.3 is 0 Å². The minimum Gasteiger partial charge on any atom is -0.368 e. The van der Waals surface area contributed by atoms with E-state index in [1.165, 1.54) is 0 Å². The maximum absolute atomic E-state index is 12.0. The SMILES string of the molecule is CN=C(NCCNc1ccc2ccccc2n1)NCC1CC(=O)Nc2ccccc21. The summed E-state index contributed by atoms with van der Waals surface area (Å²) in [5, 5.41) is 14.0. The lowest BCUT2D eigenvalue weighted by Crippen LogP contribution is -2.42. The number of hydrogen-bond donors (Lipinski definition) is 4. The molecule has 1 amide bonds. The molecule has 1 aromatic heterocycles. The summed E-state index contributed by atoms with van der Waals surface area (Å²) in [5.74, 6) is 1.74. The van der Waals surface area contributed by atoms with Crippen LogP contribution in [0.4, 0.5) is 11.5 Å². The zero-order valence-corrected chi connectivity index (χ0v) is 17.0. The lowest BCUT2D eigenvalue weighted by atomic mass is 9.90. The van der Waals surface area contributed by atoms with Crippen molar-refractivity contribution in [1.29, 1.82) is 0 Å². The molecule has 0 fully saturated rings. The highest BCUT2D eigenvalue weighted by molar-refractivity contribution is 5.94. The molecule has 4 rings (SSSR count). The number of amides is 1. The first-order valence-electron chi connectivity index (χ1n) is 10.2. The molecule has 0 saturated heterocycles. The summed E-state index contributed by atoms with van der Waals surface area (Å²) in [5.41, 5.74) is 3.03. The molecule has 4 N–H and O–H groups in total. The van der Waals surface area contributed by atoms with Crippen LogP contribution in [0.3, 0.4) is 0 Å². The molecule has 1 atom stereocenters. The van der Waals surface area contributed by atoms with E-state index in [0.717, 1.165) is 28.0 Å². The Balaban J connectivity index is 1.26. The molecule has 0 aliphatic carbocycles. The van der Waals surface area contributed by atoms with Crippen LogP contribution in [0.2, 0.25) is 0 Å². The van der Waals surface area contributed by atoms with Crippen LogP contribution in [0.5, 0.6) is 0 Å². The van der Waals surface area contributed by atoms with E-state index in [0.29, 0.717) is 32.0 Å². The number of anilines is 2. The number of rotatable bonds is 6. The Morgan fingerprint density at radius 2 is 1.90 bits per heavy atom. The van der Waals surface area contributed by atoms with Crippen LogP contribution in [-0.2, 0) is 4.79 Å². The summed E-state index contributed by atoms with van der Waals surface area (Å²) >= 11 is 0. The number of nitrogens with zero attached hydrogens (tertiary/aromatic N) is 2. The fourth-order valence-corrected chi connectivity index (χ4v) is 3.66. The van der Waals surface area contributed by atoms with Crippen LogP contribution < -0.4 is 21.3 Å². The third-order valence-electron chi connectivity index (χ3n) is 5.17. The number of fused-ring (bicyclic) bond motifs is 2. The van der Waals surface area contributed by atoms with Crippen molar-refractivity contribution in [2.45, 2.75) is 12.3 Å². The Hall–Kier alpha value is -3.61. The quantitative estimate of drug-likeness (QED) is 0.289. The van der Waals surface area contributed by atoms with Gasteiger partial charge in [-0.15, -0.1) is 0 Å². The maximum Gasteiger partial charge on any atom is 0.225 e. The zero-order valence-electron chi connectivity index (χ0n) is 17.0. The molecule has 7 heteroatoms. The molecule has 2 heterocycles. The number of benzene rings is 2. The number of para-hydroxylation sites is 2. The third-order valence-corrected chi connectivity index (χ3v) is 5.17. The number of pyridine rings is 1. The van der Waals surface area contributed by atoms with Crippen molar-refractivity contribution in [3.63, 3.8) is 0 Å². The van der Waals surface area contributed by atoms with Crippen LogP contribution in [0.15, 0.2) is 65.7 Å². The van der Waals surface area contributed by atoms with E-state index >= 15 is 0 Å². The van der Waals surface area contributed by atoms with Crippen molar-refractivity contribution >= 4 is 34.3 Å². The minimum atomic E-state index is 0.0514. The number of aromatic nitrogens is 1. The molecule has 7 nitrogen and oxygen atoms in total. The van der Waals surface area contributed by atoms with Crippen LogP contribution in [0.25, 0.3) is 10.9 Å². The van der Waals surface area contributed by atoms with Crippen molar-refractivity contribution in [3.8, 4) is 0 Å². The van der Waals surface area contributed by atoms with Crippen molar-refractivity contribution < 1.29 is 4.79 Å². The largest absolute Gasteiger partial charge is 0.368 e. The van der Waals surface area contributed by atoms with E-state index in [1.807, 2.05) is 42.5 Å². The lowest BCUT2D eigenvalue weighted by molar-refractivity contribution is -0.116. The lowest BCUT2D eigenvalue weighted by Gasteiger charge is -2.26. The Morgan fingerprint density at radius 1 is 1.07 bits per heavy atom. The summed E-state index contributed by atoms with van der Waals surface area (Å²) in [7, 11) is 1.75. The van der Waals surface area contributed by atoms with Crippen molar-refractivity contribution in [3.05, 3.63) is 66.2 Å². The molecule has 1 unspecified atom stereocenters. The first-order chi connectivity index (χ1) is 14.7. The smallest absolute Gasteiger partial charge is 0.225 e. The van der Waals surface area contributed by atoms with E-state index in [9.17, 15) is 4.79 Å². The normalized spacial score (nSPS) is 16.0. The molecule has 1 aliphatic heterocycles. The second-order valence-electron chi connectivity index (χ2n) is 7.23.